The Balaban J connectivity index is 0.00000240. The zero-order valence-corrected chi connectivity index (χ0v) is 19.7. The molecule has 2 aliphatic rings. The number of aryl methyl sites for hydroxylation is 1. The van der Waals surface area contributed by atoms with E-state index in [1.54, 1.807) is 16.4 Å². The van der Waals surface area contributed by atoms with Gasteiger partial charge in [0.05, 0.1) is 10.9 Å². The summed E-state index contributed by atoms with van der Waals surface area (Å²) in [6, 6.07) is 8.17. The predicted octanol–water partition coefficient (Wildman–Crippen LogP) is 4.63. The Hall–Kier alpha value is -1.60. The summed E-state index contributed by atoms with van der Waals surface area (Å²) in [7, 11) is -3.44. The van der Waals surface area contributed by atoms with E-state index in [0.717, 1.165) is 50.1 Å². The quantitative estimate of drug-likeness (QED) is 0.689. The average molecular weight is 449 g/mol. The lowest BCUT2D eigenvalue weighted by atomic mass is 9.97. The molecule has 0 bridgehead atoms. The number of hydrogen-bond acceptors (Lipinski definition) is 3. The van der Waals surface area contributed by atoms with Crippen LogP contribution < -0.4 is 10.6 Å². The Labute approximate surface area is 190 Å². The lowest BCUT2D eigenvalue weighted by molar-refractivity contribution is 0.230. The average Bonchev–Trinajstić information content (AvgIpc) is 2.69. The summed E-state index contributed by atoms with van der Waals surface area (Å²) >= 11 is 0. The van der Waals surface area contributed by atoms with Crippen molar-refractivity contribution in [1.29, 1.82) is 0 Å². The lowest BCUT2D eigenvalue weighted by Crippen LogP contribution is -2.44. The van der Waals surface area contributed by atoms with Gasteiger partial charge in [-0.25, -0.2) is 13.2 Å². The van der Waals surface area contributed by atoms with Gasteiger partial charge < -0.3 is 10.6 Å². The highest BCUT2D eigenvalue weighted by Crippen LogP contribution is 2.25. The molecular formula is C24H38N3O3S. The van der Waals surface area contributed by atoms with Gasteiger partial charge in [0.2, 0.25) is 10.0 Å². The van der Waals surface area contributed by atoms with Gasteiger partial charge in [-0.1, -0.05) is 65.2 Å². The van der Waals surface area contributed by atoms with Crippen molar-refractivity contribution in [3.63, 3.8) is 0 Å². The Morgan fingerprint density at radius 3 is 2.19 bits per heavy atom. The van der Waals surface area contributed by atoms with Gasteiger partial charge in [-0.3, -0.25) is 0 Å². The molecule has 7 heteroatoms. The van der Waals surface area contributed by atoms with Crippen molar-refractivity contribution in [2.75, 3.05) is 19.6 Å². The van der Waals surface area contributed by atoms with Gasteiger partial charge in [0, 0.05) is 19.6 Å². The first-order valence-corrected chi connectivity index (χ1v) is 12.4. The smallest absolute Gasteiger partial charge is 0.315 e. The number of urea groups is 1. The number of carbonyl (C=O) groups is 1. The summed E-state index contributed by atoms with van der Waals surface area (Å²) in [5.74, 6) is 0.311. The van der Waals surface area contributed by atoms with Crippen LogP contribution >= 0.6 is 0 Å². The summed E-state index contributed by atoms with van der Waals surface area (Å²) < 4.78 is 27.4. The van der Waals surface area contributed by atoms with E-state index in [0.29, 0.717) is 30.4 Å². The minimum Gasteiger partial charge on any atom is -0.338 e. The first-order chi connectivity index (χ1) is 14.0. The zero-order valence-electron chi connectivity index (χ0n) is 18.9. The molecule has 31 heavy (non-hydrogen) atoms. The number of benzene rings is 1. The van der Waals surface area contributed by atoms with Gasteiger partial charge in [-0.2, -0.15) is 4.31 Å². The van der Waals surface area contributed by atoms with Gasteiger partial charge in [0.1, 0.15) is 0 Å². The second kappa shape index (κ2) is 13.1. The second-order valence-electron chi connectivity index (χ2n) is 8.32. The molecule has 0 aromatic heterocycles. The maximum absolute atomic E-state index is 12.9. The van der Waals surface area contributed by atoms with Gasteiger partial charge in [-0.15, -0.1) is 0 Å². The molecule has 1 aliphatic carbocycles. The van der Waals surface area contributed by atoms with Gasteiger partial charge in [-0.05, 0) is 50.2 Å². The van der Waals surface area contributed by atoms with E-state index >= 15 is 0 Å². The molecule has 1 saturated heterocycles. The Kier molecular flexibility index (Phi) is 11.6. The molecule has 1 aromatic rings. The van der Waals surface area contributed by atoms with Crippen molar-refractivity contribution in [2.24, 2.45) is 5.92 Å². The fourth-order valence-electron chi connectivity index (χ4n) is 4.24. The lowest BCUT2D eigenvalue weighted by Gasteiger charge is -2.31. The molecule has 0 unspecified atom stereocenters. The third-order valence-corrected chi connectivity index (χ3v) is 8.14. The zero-order chi connectivity index (χ0) is 20.7. The number of hydrogen-bond donors (Lipinski definition) is 2. The monoisotopic (exact) mass is 448 g/mol. The van der Waals surface area contributed by atoms with Crippen LogP contribution in [0.2, 0.25) is 0 Å². The van der Waals surface area contributed by atoms with E-state index < -0.39 is 10.0 Å². The van der Waals surface area contributed by atoms with Crippen LogP contribution in [-0.4, -0.2) is 38.4 Å². The van der Waals surface area contributed by atoms with Crippen molar-refractivity contribution in [3.8, 4) is 0 Å². The normalized spacial score (nSPS) is 19.3. The van der Waals surface area contributed by atoms with Crippen LogP contribution in [0.4, 0.5) is 4.79 Å². The van der Waals surface area contributed by atoms with Crippen molar-refractivity contribution >= 4 is 16.1 Å². The van der Waals surface area contributed by atoms with E-state index in [1.807, 2.05) is 19.1 Å². The van der Waals surface area contributed by atoms with E-state index in [4.69, 9.17) is 0 Å². The molecule has 2 amide bonds. The summed E-state index contributed by atoms with van der Waals surface area (Å²) in [6.07, 6.45) is 9.62. The molecule has 2 N–H and O–H groups in total. The molecule has 173 valence electrons. The molecular weight excluding hydrogens is 410 g/mol. The highest BCUT2D eigenvalue weighted by molar-refractivity contribution is 7.89. The van der Waals surface area contributed by atoms with Gasteiger partial charge in [0.15, 0.2) is 0 Å². The van der Waals surface area contributed by atoms with Crippen molar-refractivity contribution in [1.82, 2.24) is 14.9 Å². The highest BCUT2D eigenvalue weighted by atomic mass is 32.2. The Morgan fingerprint density at radius 1 is 1.00 bits per heavy atom. The van der Waals surface area contributed by atoms with Crippen molar-refractivity contribution in [2.45, 2.75) is 69.6 Å². The molecule has 1 heterocycles. The van der Waals surface area contributed by atoms with Crippen molar-refractivity contribution in [3.05, 3.63) is 50.7 Å². The third-order valence-electron chi connectivity index (χ3n) is 6.08. The maximum Gasteiger partial charge on any atom is 0.315 e. The standard InChI is InChI=1S/C22H34N3O3S.2CH2/c1-18-9-7-8-12-21(18)29(27,28)25-15-13-19(14-16-25)17-23-22(26)24-20-10-5-3-2-4-6-11-20;;/h7-9,12,19H,2-6,10-11,13-17H2,1H3,(H2,23,24,26);2*1H2. The van der Waals surface area contributed by atoms with Crippen LogP contribution in [0, 0.1) is 33.7 Å². The maximum atomic E-state index is 12.9. The summed E-state index contributed by atoms with van der Waals surface area (Å²) in [5.41, 5.74) is 0.777. The molecule has 1 aromatic carbocycles. The molecule has 1 saturated carbocycles. The van der Waals surface area contributed by atoms with Crippen LogP contribution in [0.15, 0.2) is 29.2 Å². The van der Waals surface area contributed by atoms with E-state index in [1.165, 1.54) is 19.3 Å². The number of nitrogens with zero attached hydrogens (tertiary/aromatic N) is 1. The fourth-order valence-corrected chi connectivity index (χ4v) is 5.93. The fraction of sp³-hybridized carbons (Fsp3) is 0.583. The molecule has 0 atom stereocenters. The Bertz CT molecular complexity index is 766. The predicted molar refractivity (Wildman–Crippen MR) is 125 cm³/mol. The van der Waals surface area contributed by atoms with Crippen LogP contribution in [-0.2, 0) is 10.0 Å². The summed E-state index contributed by atoms with van der Waals surface area (Å²) in [5, 5.41) is 6.04. The highest BCUT2D eigenvalue weighted by Gasteiger charge is 2.30. The molecule has 3 rings (SSSR count). The largest absolute Gasteiger partial charge is 0.338 e. The number of carbonyl (C=O) groups excluding carboxylic acids is 1. The van der Waals surface area contributed by atoms with Gasteiger partial charge in [0.25, 0.3) is 0 Å². The molecule has 2 fully saturated rings. The minimum absolute atomic E-state index is 0. The first-order valence-electron chi connectivity index (χ1n) is 10.9. The van der Waals surface area contributed by atoms with Crippen LogP contribution in [0.3, 0.4) is 0 Å². The molecule has 5 radical (unpaired) electrons. The van der Waals surface area contributed by atoms with Crippen LogP contribution in [0.25, 0.3) is 0 Å². The van der Waals surface area contributed by atoms with Gasteiger partial charge >= 0.3 is 6.03 Å². The summed E-state index contributed by atoms with van der Waals surface area (Å²) in [6.45, 7) is 3.43. The Morgan fingerprint density at radius 2 is 1.58 bits per heavy atom. The minimum atomic E-state index is -3.44. The SMILES string of the molecule is Cc1ccccc1S(=O)(=O)N1CCC(CNC(=O)N[C]2CCCCCCC2)CC1.[CH2].[CH2]. The number of piperidine rings is 1. The third kappa shape index (κ3) is 7.79. The van der Waals surface area contributed by atoms with Crippen molar-refractivity contribution < 1.29 is 13.2 Å². The second-order valence-corrected chi connectivity index (χ2v) is 10.2. The number of nitrogens with one attached hydrogen (secondary N) is 2. The number of sulfonamides is 1. The summed E-state index contributed by atoms with van der Waals surface area (Å²) in [4.78, 5) is 12.6. The molecule has 6 nitrogen and oxygen atoms in total. The van der Waals surface area contributed by atoms with E-state index in [2.05, 4.69) is 10.6 Å². The molecule has 0 spiro atoms. The number of rotatable bonds is 5. The topological polar surface area (TPSA) is 78.5 Å². The molecule has 1 aliphatic heterocycles. The van der Waals surface area contributed by atoms with Crippen LogP contribution in [0.5, 0.6) is 0 Å². The van der Waals surface area contributed by atoms with Crippen LogP contribution in [0.1, 0.15) is 63.4 Å². The van der Waals surface area contributed by atoms with E-state index in [9.17, 15) is 13.2 Å². The number of amides is 2. The van der Waals surface area contributed by atoms with E-state index in [-0.39, 0.29) is 20.9 Å². The first kappa shape index (κ1) is 27.4.